The van der Waals surface area contributed by atoms with Crippen molar-refractivity contribution < 1.29 is 4.79 Å². The molecular weight excluding hydrogens is 441 g/mol. The number of rotatable bonds is 5. The average Bonchev–Trinajstić information content (AvgIpc) is 3.07. The third-order valence-electron chi connectivity index (χ3n) is 4.15. The highest BCUT2D eigenvalue weighted by molar-refractivity contribution is 14.0. The van der Waals surface area contributed by atoms with Crippen LogP contribution in [0.2, 0.25) is 0 Å². The lowest BCUT2D eigenvalue weighted by atomic mass is 10.1. The van der Waals surface area contributed by atoms with Crippen LogP contribution in [0.1, 0.15) is 38.3 Å². The highest BCUT2D eigenvalue weighted by Gasteiger charge is 2.27. The highest BCUT2D eigenvalue weighted by Crippen LogP contribution is 2.13. The molecule has 1 heterocycles. The first-order valence-corrected chi connectivity index (χ1v) is 8.86. The van der Waals surface area contributed by atoms with E-state index in [9.17, 15) is 4.79 Å². The molecule has 0 bridgehead atoms. The van der Waals surface area contributed by atoms with E-state index in [1.807, 2.05) is 43.9 Å². The molecule has 1 atom stereocenters. The van der Waals surface area contributed by atoms with E-state index >= 15 is 0 Å². The first kappa shape index (κ1) is 22.2. The summed E-state index contributed by atoms with van der Waals surface area (Å²) in [4.78, 5) is 18.6. The van der Waals surface area contributed by atoms with Gasteiger partial charge in [-0.25, -0.2) is 4.99 Å². The molecule has 1 aliphatic rings. The Bertz CT molecular complexity index is 668. The van der Waals surface area contributed by atoms with E-state index < -0.39 is 0 Å². The molecule has 1 amide bonds. The Morgan fingerprint density at radius 2 is 2.23 bits per heavy atom. The average molecular weight is 469 g/mol. The summed E-state index contributed by atoms with van der Waals surface area (Å²) in [6.07, 6.45) is 0.923. The van der Waals surface area contributed by atoms with Crippen LogP contribution in [0.25, 0.3) is 0 Å². The summed E-state index contributed by atoms with van der Waals surface area (Å²) >= 11 is 0. The summed E-state index contributed by atoms with van der Waals surface area (Å²) in [5.74, 6) is 0.987. The van der Waals surface area contributed by atoms with E-state index in [-0.39, 0.29) is 41.8 Å². The molecule has 0 spiro atoms. The Hall–Kier alpha value is -1.82. The van der Waals surface area contributed by atoms with Gasteiger partial charge in [0.05, 0.1) is 18.2 Å². The molecule has 0 saturated carbocycles. The molecule has 2 rings (SSSR count). The van der Waals surface area contributed by atoms with Crippen LogP contribution in [0.4, 0.5) is 0 Å². The number of aliphatic imine (C=N–C) groups is 1. The van der Waals surface area contributed by atoms with Gasteiger partial charge >= 0.3 is 0 Å². The first-order chi connectivity index (χ1) is 12.0. The number of nitriles is 1. The van der Waals surface area contributed by atoms with Crippen molar-refractivity contribution in [3.05, 3.63) is 35.4 Å². The first-order valence-electron chi connectivity index (χ1n) is 8.86. The van der Waals surface area contributed by atoms with Gasteiger partial charge in [-0.05, 0) is 31.0 Å². The lowest BCUT2D eigenvalue weighted by Gasteiger charge is -2.20. The largest absolute Gasteiger partial charge is 0.357 e. The summed E-state index contributed by atoms with van der Waals surface area (Å²) < 4.78 is 0. The Morgan fingerprint density at radius 1 is 1.46 bits per heavy atom. The van der Waals surface area contributed by atoms with Crippen molar-refractivity contribution in [2.75, 3.05) is 19.6 Å². The molecule has 6 nitrogen and oxygen atoms in total. The number of carbonyl (C=O) groups excluding carboxylic acids is 1. The zero-order valence-electron chi connectivity index (χ0n) is 15.7. The van der Waals surface area contributed by atoms with Gasteiger partial charge < -0.3 is 15.5 Å². The van der Waals surface area contributed by atoms with Crippen LogP contribution in [0.3, 0.4) is 0 Å². The van der Waals surface area contributed by atoms with Gasteiger partial charge in [0.15, 0.2) is 5.96 Å². The molecule has 1 aromatic rings. The Morgan fingerprint density at radius 3 is 2.88 bits per heavy atom. The molecule has 1 aliphatic heterocycles. The number of hydrogen-bond acceptors (Lipinski definition) is 3. The molecule has 2 N–H and O–H groups in total. The molecule has 0 radical (unpaired) electrons. The van der Waals surface area contributed by atoms with Gasteiger partial charge in [0.25, 0.3) is 0 Å². The number of amides is 1. The van der Waals surface area contributed by atoms with Gasteiger partial charge in [-0.2, -0.15) is 5.26 Å². The van der Waals surface area contributed by atoms with Crippen LogP contribution in [0.5, 0.6) is 0 Å². The Labute approximate surface area is 173 Å². The van der Waals surface area contributed by atoms with Gasteiger partial charge in [0.2, 0.25) is 5.91 Å². The summed E-state index contributed by atoms with van der Waals surface area (Å²) in [7, 11) is 0. The second kappa shape index (κ2) is 11.0. The van der Waals surface area contributed by atoms with Crippen LogP contribution in [0.15, 0.2) is 29.3 Å². The van der Waals surface area contributed by atoms with E-state index in [2.05, 4.69) is 21.7 Å². The number of halogens is 1. The molecule has 1 saturated heterocycles. The summed E-state index contributed by atoms with van der Waals surface area (Å²) in [5.41, 5.74) is 1.64. The van der Waals surface area contributed by atoms with Gasteiger partial charge in [0.1, 0.15) is 0 Å². The predicted octanol–water partition coefficient (Wildman–Crippen LogP) is 2.49. The fraction of sp³-hybridized carbons (Fsp3) is 0.526. The smallest absolute Gasteiger partial charge is 0.225 e. The van der Waals surface area contributed by atoms with Crippen LogP contribution in [0, 0.1) is 17.2 Å². The van der Waals surface area contributed by atoms with Crippen molar-refractivity contribution in [3.8, 4) is 6.07 Å². The normalized spacial score (nSPS) is 16.8. The number of nitrogens with one attached hydrogen (secondary N) is 2. The lowest BCUT2D eigenvalue weighted by molar-refractivity contribution is -0.133. The van der Waals surface area contributed by atoms with Crippen molar-refractivity contribution in [2.24, 2.45) is 10.9 Å². The van der Waals surface area contributed by atoms with Gasteiger partial charge in [-0.3, -0.25) is 4.79 Å². The van der Waals surface area contributed by atoms with E-state index in [0.717, 1.165) is 31.0 Å². The van der Waals surface area contributed by atoms with E-state index in [1.54, 1.807) is 6.07 Å². The molecule has 7 heteroatoms. The van der Waals surface area contributed by atoms with E-state index in [1.165, 1.54) is 0 Å². The van der Waals surface area contributed by atoms with Crippen molar-refractivity contribution in [1.82, 2.24) is 15.5 Å². The lowest BCUT2D eigenvalue weighted by Crippen LogP contribution is -2.45. The van der Waals surface area contributed by atoms with E-state index in [4.69, 9.17) is 5.26 Å². The van der Waals surface area contributed by atoms with Crippen LogP contribution in [-0.4, -0.2) is 42.4 Å². The quantitative estimate of drug-likeness (QED) is 0.395. The predicted molar refractivity (Wildman–Crippen MR) is 114 cm³/mol. The Kier molecular flexibility index (Phi) is 9.41. The maximum absolute atomic E-state index is 12.1. The summed E-state index contributed by atoms with van der Waals surface area (Å²) in [5, 5.41) is 15.6. The number of benzene rings is 1. The van der Waals surface area contributed by atoms with Gasteiger partial charge in [-0.1, -0.05) is 26.0 Å². The molecule has 1 aromatic carbocycles. The van der Waals surface area contributed by atoms with Crippen molar-refractivity contribution in [1.29, 1.82) is 5.26 Å². The maximum Gasteiger partial charge on any atom is 0.225 e. The summed E-state index contributed by atoms with van der Waals surface area (Å²) in [6.45, 7) is 8.67. The number of hydrogen-bond donors (Lipinski definition) is 2. The molecule has 26 heavy (non-hydrogen) atoms. The standard InChI is InChI=1S/C19H27N5O.HI/c1-4-21-19(22-12-16-7-5-6-15(10-16)11-20)23-17-8-9-24(13-17)18(25)14(2)3;/h5-7,10,14,17H,4,8-9,12-13H2,1-3H3,(H2,21,22,23);1H. The SMILES string of the molecule is CCNC(=NCc1cccc(C#N)c1)NC1CCN(C(=O)C(C)C)C1.I. The van der Waals surface area contributed by atoms with Crippen molar-refractivity contribution in [3.63, 3.8) is 0 Å². The van der Waals surface area contributed by atoms with Crippen molar-refractivity contribution in [2.45, 2.75) is 39.8 Å². The molecular formula is C19H28IN5O. The molecule has 1 fully saturated rings. The molecule has 142 valence electrons. The minimum Gasteiger partial charge on any atom is -0.357 e. The molecule has 1 unspecified atom stereocenters. The third kappa shape index (κ3) is 6.48. The summed E-state index contributed by atoms with van der Waals surface area (Å²) in [6, 6.07) is 9.84. The van der Waals surface area contributed by atoms with E-state index in [0.29, 0.717) is 18.7 Å². The van der Waals surface area contributed by atoms with Crippen LogP contribution in [-0.2, 0) is 11.3 Å². The van der Waals surface area contributed by atoms with Crippen LogP contribution < -0.4 is 10.6 Å². The monoisotopic (exact) mass is 469 g/mol. The second-order valence-corrected chi connectivity index (χ2v) is 6.58. The number of guanidine groups is 1. The zero-order valence-corrected chi connectivity index (χ0v) is 18.0. The number of carbonyl (C=O) groups is 1. The van der Waals surface area contributed by atoms with Gasteiger partial charge in [-0.15, -0.1) is 24.0 Å². The van der Waals surface area contributed by atoms with Crippen molar-refractivity contribution >= 4 is 35.8 Å². The molecule has 0 aliphatic carbocycles. The van der Waals surface area contributed by atoms with Gasteiger partial charge in [0, 0.05) is 31.6 Å². The zero-order chi connectivity index (χ0) is 18.2. The number of likely N-dealkylation sites (tertiary alicyclic amines) is 1. The molecule has 0 aromatic heterocycles. The fourth-order valence-electron chi connectivity index (χ4n) is 2.87. The van der Waals surface area contributed by atoms with Crippen LogP contribution >= 0.6 is 24.0 Å². The fourth-order valence-corrected chi connectivity index (χ4v) is 2.87. The minimum atomic E-state index is 0. The third-order valence-corrected chi connectivity index (χ3v) is 4.15. The highest BCUT2D eigenvalue weighted by atomic mass is 127. The Balaban J connectivity index is 0.00000338. The minimum absolute atomic E-state index is 0. The maximum atomic E-state index is 12.1. The second-order valence-electron chi connectivity index (χ2n) is 6.58. The topological polar surface area (TPSA) is 80.5 Å². The number of nitrogens with zero attached hydrogens (tertiary/aromatic N) is 3.